The fourth-order valence-corrected chi connectivity index (χ4v) is 1.09. The molecule has 1 heterocycles. The van der Waals surface area contributed by atoms with E-state index in [0.29, 0.717) is 19.7 Å². The summed E-state index contributed by atoms with van der Waals surface area (Å²) in [5.41, 5.74) is 1.05. The predicted octanol–water partition coefficient (Wildman–Crippen LogP) is 0.791. The van der Waals surface area contributed by atoms with Crippen molar-refractivity contribution < 1.29 is 13.5 Å². The van der Waals surface area contributed by atoms with E-state index in [2.05, 4.69) is 10.3 Å². The van der Waals surface area contributed by atoms with Gasteiger partial charge in [-0.05, 0) is 0 Å². The molecule has 0 aromatic carbocycles. The number of rotatable bonds is 7. The van der Waals surface area contributed by atoms with Crippen molar-refractivity contribution in [2.24, 2.45) is 7.05 Å². The third-order valence-electron chi connectivity index (χ3n) is 1.89. The molecule has 0 bridgehead atoms. The van der Waals surface area contributed by atoms with Crippen LogP contribution in [0.3, 0.4) is 0 Å². The van der Waals surface area contributed by atoms with Crippen LogP contribution in [0.15, 0.2) is 12.5 Å². The molecule has 1 N–H and O–H groups in total. The lowest BCUT2D eigenvalue weighted by Gasteiger charge is -2.06. The standard InChI is InChI=1S/C9H15F2N3O/c1-14-7-13-5-8(14)4-12-2-3-15-6-9(10)11/h5,7,9,12H,2-4,6H2,1H3. The Balaban J connectivity index is 2.00. The number of imidazole rings is 1. The Kier molecular flexibility index (Phi) is 5.20. The average Bonchev–Trinajstić information content (AvgIpc) is 2.57. The molecule has 0 aliphatic heterocycles. The summed E-state index contributed by atoms with van der Waals surface area (Å²) in [7, 11) is 1.90. The first-order valence-electron chi connectivity index (χ1n) is 4.72. The number of halogens is 2. The van der Waals surface area contributed by atoms with Crippen molar-refractivity contribution in [3.63, 3.8) is 0 Å². The number of ether oxygens (including phenoxy) is 1. The Hall–Kier alpha value is -1.01. The van der Waals surface area contributed by atoms with E-state index in [4.69, 9.17) is 4.74 Å². The van der Waals surface area contributed by atoms with Gasteiger partial charge in [0.15, 0.2) is 0 Å². The van der Waals surface area contributed by atoms with Crippen molar-refractivity contribution in [2.75, 3.05) is 19.8 Å². The molecule has 0 unspecified atom stereocenters. The molecule has 0 atom stereocenters. The molecular formula is C9H15F2N3O. The maximum absolute atomic E-state index is 11.7. The molecule has 0 saturated heterocycles. The van der Waals surface area contributed by atoms with Crippen LogP contribution < -0.4 is 5.32 Å². The van der Waals surface area contributed by atoms with Gasteiger partial charge in [0.1, 0.15) is 6.61 Å². The van der Waals surface area contributed by atoms with Gasteiger partial charge in [-0.2, -0.15) is 0 Å². The Labute approximate surface area is 87.3 Å². The van der Waals surface area contributed by atoms with Crippen molar-refractivity contribution in [2.45, 2.75) is 13.0 Å². The summed E-state index contributed by atoms with van der Waals surface area (Å²) in [6.45, 7) is 1.02. The van der Waals surface area contributed by atoms with Crippen LogP contribution in [0.2, 0.25) is 0 Å². The van der Waals surface area contributed by atoms with Crippen molar-refractivity contribution in [1.82, 2.24) is 14.9 Å². The van der Waals surface area contributed by atoms with Gasteiger partial charge in [-0.1, -0.05) is 0 Å². The highest BCUT2D eigenvalue weighted by Crippen LogP contribution is 1.95. The second-order valence-corrected chi connectivity index (χ2v) is 3.14. The van der Waals surface area contributed by atoms with Gasteiger partial charge in [0.05, 0.1) is 18.6 Å². The van der Waals surface area contributed by atoms with Crippen molar-refractivity contribution in [1.29, 1.82) is 0 Å². The van der Waals surface area contributed by atoms with E-state index in [9.17, 15) is 8.78 Å². The Bertz CT molecular complexity index is 278. The molecule has 0 saturated carbocycles. The van der Waals surface area contributed by atoms with Gasteiger partial charge in [-0.15, -0.1) is 0 Å². The summed E-state index contributed by atoms with van der Waals surface area (Å²) in [4.78, 5) is 3.95. The zero-order valence-electron chi connectivity index (χ0n) is 8.62. The van der Waals surface area contributed by atoms with Crippen LogP contribution in [0.1, 0.15) is 5.69 Å². The van der Waals surface area contributed by atoms with E-state index in [0.717, 1.165) is 5.69 Å². The molecule has 0 fully saturated rings. The predicted molar refractivity (Wildman–Crippen MR) is 51.7 cm³/mol. The third-order valence-corrected chi connectivity index (χ3v) is 1.89. The second kappa shape index (κ2) is 6.47. The molecule has 0 spiro atoms. The highest BCUT2D eigenvalue weighted by molar-refractivity contribution is 4.96. The van der Waals surface area contributed by atoms with Crippen molar-refractivity contribution in [3.05, 3.63) is 18.2 Å². The summed E-state index contributed by atoms with van der Waals surface area (Å²) >= 11 is 0. The minimum absolute atomic E-state index is 0.294. The smallest absolute Gasteiger partial charge is 0.261 e. The number of nitrogens with zero attached hydrogens (tertiary/aromatic N) is 2. The van der Waals surface area contributed by atoms with Crippen LogP contribution >= 0.6 is 0 Å². The minimum Gasteiger partial charge on any atom is -0.374 e. The Morgan fingerprint density at radius 1 is 1.60 bits per heavy atom. The Morgan fingerprint density at radius 3 is 3.00 bits per heavy atom. The lowest BCUT2D eigenvalue weighted by molar-refractivity contribution is 0.0187. The first-order valence-corrected chi connectivity index (χ1v) is 4.72. The molecule has 0 aliphatic carbocycles. The van der Waals surface area contributed by atoms with E-state index >= 15 is 0 Å². The van der Waals surface area contributed by atoms with E-state index < -0.39 is 13.0 Å². The van der Waals surface area contributed by atoms with E-state index in [-0.39, 0.29) is 0 Å². The zero-order valence-corrected chi connectivity index (χ0v) is 8.62. The number of alkyl halides is 2. The highest BCUT2D eigenvalue weighted by Gasteiger charge is 2.01. The molecule has 0 radical (unpaired) electrons. The van der Waals surface area contributed by atoms with Gasteiger partial charge in [0, 0.05) is 26.3 Å². The van der Waals surface area contributed by atoms with Gasteiger partial charge >= 0.3 is 0 Å². The molecule has 6 heteroatoms. The molecular weight excluding hydrogens is 204 g/mol. The lowest BCUT2D eigenvalue weighted by Crippen LogP contribution is -2.21. The summed E-state index contributed by atoms with van der Waals surface area (Å²) in [5.74, 6) is 0. The summed E-state index contributed by atoms with van der Waals surface area (Å²) in [6, 6.07) is 0. The first-order chi connectivity index (χ1) is 7.20. The largest absolute Gasteiger partial charge is 0.374 e. The average molecular weight is 219 g/mol. The van der Waals surface area contributed by atoms with Crippen LogP contribution in [-0.4, -0.2) is 35.7 Å². The van der Waals surface area contributed by atoms with Gasteiger partial charge in [-0.3, -0.25) is 0 Å². The van der Waals surface area contributed by atoms with Crippen LogP contribution in [0.4, 0.5) is 8.78 Å². The maximum atomic E-state index is 11.7. The monoisotopic (exact) mass is 219 g/mol. The molecule has 0 aliphatic rings. The molecule has 0 amide bonds. The van der Waals surface area contributed by atoms with Crippen molar-refractivity contribution >= 4 is 0 Å². The number of nitrogens with one attached hydrogen (secondary N) is 1. The van der Waals surface area contributed by atoms with Crippen LogP contribution in [0.5, 0.6) is 0 Å². The lowest BCUT2D eigenvalue weighted by atomic mass is 10.4. The van der Waals surface area contributed by atoms with Gasteiger partial charge in [0.2, 0.25) is 0 Å². The highest BCUT2D eigenvalue weighted by atomic mass is 19.3. The summed E-state index contributed by atoms with van der Waals surface area (Å²) in [6.07, 6.45) is 1.08. The van der Waals surface area contributed by atoms with Crippen LogP contribution in [0, 0.1) is 0 Å². The number of aryl methyl sites for hydroxylation is 1. The molecule has 1 rings (SSSR count). The fourth-order valence-electron chi connectivity index (χ4n) is 1.09. The van der Waals surface area contributed by atoms with Gasteiger partial charge in [0.25, 0.3) is 6.43 Å². The SMILES string of the molecule is Cn1cncc1CNCCOCC(F)F. The molecule has 15 heavy (non-hydrogen) atoms. The molecule has 86 valence electrons. The van der Waals surface area contributed by atoms with E-state index in [1.54, 1.807) is 12.5 Å². The normalized spacial score (nSPS) is 11.2. The molecule has 1 aromatic rings. The number of hydrogen-bond acceptors (Lipinski definition) is 3. The maximum Gasteiger partial charge on any atom is 0.261 e. The first kappa shape index (κ1) is 12.1. The topological polar surface area (TPSA) is 39.1 Å². The van der Waals surface area contributed by atoms with Crippen molar-refractivity contribution in [3.8, 4) is 0 Å². The molecule has 1 aromatic heterocycles. The number of aromatic nitrogens is 2. The second-order valence-electron chi connectivity index (χ2n) is 3.14. The minimum atomic E-state index is -2.39. The van der Waals surface area contributed by atoms with Crippen LogP contribution in [-0.2, 0) is 18.3 Å². The number of hydrogen-bond donors (Lipinski definition) is 1. The van der Waals surface area contributed by atoms with Crippen LogP contribution in [0.25, 0.3) is 0 Å². The fraction of sp³-hybridized carbons (Fsp3) is 0.667. The van der Waals surface area contributed by atoms with Gasteiger partial charge in [-0.25, -0.2) is 13.8 Å². The van der Waals surface area contributed by atoms with E-state index in [1.165, 1.54) is 0 Å². The summed E-state index contributed by atoms with van der Waals surface area (Å²) in [5, 5.41) is 3.07. The third kappa shape index (κ3) is 4.85. The zero-order chi connectivity index (χ0) is 11.1. The molecule has 4 nitrogen and oxygen atoms in total. The Morgan fingerprint density at radius 2 is 2.40 bits per heavy atom. The quantitative estimate of drug-likeness (QED) is 0.689. The van der Waals surface area contributed by atoms with Gasteiger partial charge < -0.3 is 14.6 Å². The summed E-state index contributed by atoms with van der Waals surface area (Å²) < 4.78 is 29.9. The van der Waals surface area contributed by atoms with E-state index in [1.807, 2.05) is 11.6 Å².